The lowest BCUT2D eigenvalue weighted by Gasteiger charge is -2.09. The largest absolute Gasteiger partial charge is 0.322 e. The summed E-state index contributed by atoms with van der Waals surface area (Å²) in [6.45, 7) is 1.90. The number of aryl methyl sites for hydroxylation is 1. The Hall–Kier alpha value is -1.33. The van der Waals surface area contributed by atoms with Crippen LogP contribution >= 0.6 is 28.6 Å². The van der Waals surface area contributed by atoms with Crippen LogP contribution in [0.4, 0.5) is 10.1 Å². The van der Waals surface area contributed by atoms with Gasteiger partial charge in [-0.2, -0.15) is 0 Å². The number of anilines is 1. The van der Waals surface area contributed by atoms with Crippen molar-refractivity contribution in [3.63, 3.8) is 0 Å². The minimum Gasteiger partial charge on any atom is -0.322 e. The molecule has 0 saturated heterocycles. The molecule has 0 aliphatic carbocycles. The zero-order valence-corrected chi connectivity index (χ0v) is 12.6. The first kappa shape index (κ1) is 14.1. The second kappa shape index (κ2) is 5.75. The van der Waals surface area contributed by atoms with Crippen LogP contribution < -0.4 is 5.32 Å². The number of thiol groups is 1. The molecule has 5 heteroatoms. The smallest absolute Gasteiger partial charge is 0.255 e. The molecule has 2 rings (SSSR count). The first-order valence-corrected chi connectivity index (χ1v) is 6.77. The summed E-state index contributed by atoms with van der Waals surface area (Å²) in [6.07, 6.45) is 0. The van der Waals surface area contributed by atoms with Gasteiger partial charge in [-0.25, -0.2) is 4.39 Å². The highest BCUT2D eigenvalue weighted by Crippen LogP contribution is 2.22. The van der Waals surface area contributed by atoms with Gasteiger partial charge in [-0.3, -0.25) is 4.79 Å². The van der Waals surface area contributed by atoms with Gasteiger partial charge in [0.15, 0.2) is 0 Å². The Bertz CT molecular complexity index is 645. The Kier molecular flexibility index (Phi) is 4.27. The van der Waals surface area contributed by atoms with E-state index >= 15 is 0 Å². The van der Waals surface area contributed by atoms with E-state index in [4.69, 9.17) is 0 Å². The van der Waals surface area contributed by atoms with E-state index in [0.717, 1.165) is 10.0 Å². The lowest BCUT2D eigenvalue weighted by Crippen LogP contribution is -2.13. The summed E-state index contributed by atoms with van der Waals surface area (Å²) >= 11 is 7.31. The summed E-state index contributed by atoms with van der Waals surface area (Å²) in [6, 6.07) is 9.67. The van der Waals surface area contributed by atoms with Crippen LogP contribution in [-0.4, -0.2) is 5.91 Å². The zero-order valence-electron chi connectivity index (χ0n) is 10.1. The molecule has 0 saturated carbocycles. The third-order valence-electron chi connectivity index (χ3n) is 2.66. The standard InChI is InChI=1S/C14H11BrFNOS/c1-8-2-4-10(15)7-12(8)17-14(18)9-3-5-11(16)13(19)6-9/h2-7,19H,1H3,(H,17,18). The monoisotopic (exact) mass is 339 g/mol. The van der Waals surface area contributed by atoms with Crippen LogP contribution in [0.3, 0.4) is 0 Å². The molecule has 2 nitrogen and oxygen atoms in total. The summed E-state index contributed by atoms with van der Waals surface area (Å²) in [5.74, 6) is -0.741. The fourth-order valence-corrected chi connectivity index (χ4v) is 2.15. The third kappa shape index (κ3) is 3.36. The average Bonchev–Trinajstić information content (AvgIpc) is 2.37. The number of nitrogens with one attached hydrogen (secondary N) is 1. The zero-order chi connectivity index (χ0) is 14.0. The van der Waals surface area contributed by atoms with E-state index in [2.05, 4.69) is 33.9 Å². The minimum atomic E-state index is -0.446. The predicted molar refractivity (Wildman–Crippen MR) is 80.5 cm³/mol. The maximum Gasteiger partial charge on any atom is 0.255 e. The molecule has 0 fully saturated rings. The first-order chi connectivity index (χ1) is 8.97. The van der Waals surface area contributed by atoms with E-state index in [9.17, 15) is 9.18 Å². The SMILES string of the molecule is Cc1ccc(Br)cc1NC(=O)c1ccc(F)c(S)c1. The van der Waals surface area contributed by atoms with Crippen LogP contribution in [-0.2, 0) is 0 Å². The average molecular weight is 340 g/mol. The fourth-order valence-electron chi connectivity index (χ4n) is 1.58. The summed E-state index contributed by atoms with van der Waals surface area (Å²) in [5, 5.41) is 2.79. The molecule has 2 aromatic rings. The molecule has 0 heterocycles. The van der Waals surface area contributed by atoms with Crippen LogP contribution in [0.2, 0.25) is 0 Å². The molecule has 0 unspecified atom stereocenters. The van der Waals surface area contributed by atoms with Gasteiger partial charge in [0, 0.05) is 20.6 Å². The van der Waals surface area contributed by atoms with Crippen molar-refractivity contribution in [2.24, 2.45) is 0 Å². The van der Waals surface area contributed by atoms with Gasteiger partial charge in [0.2, 0.25) is 0 Å². The fraction of sp³-hybridized carbons (Fsp3) is 0.0714. The second-order valence-corrected chi connectivity index (χ2v) is 5.48. The van der Waals surface area contributed by atoms with Gasteiger partial charge in [-0.1, -0.05) is 22.0 Å². The van der Waals surface area contributed by atoms with Crippen LogP contribution in [0.25, 0.3) is 0 Å². The molecule has 0 aliphatic rings. The highest BCUT2D eigenvalue weighted by atomic mass is 79.9. The van der Waals surface area contributed by atoms with Gasteiger partial charge in [-0.05, 0) is 42.8 Å². The predicted octanol–water partition coefficient (Wildman–Crippen LogP) is 4.44. The number of hydrogen-bond acceptors (Lipinski definition) is 2. The number of carbonyl (C=O) groups excluding carboxylic acids is 1. The van der Waals surface area contributed by atoms with Crippen molar-refractivity contribution >= 4 is 40.2 Å². The van der Waals surface area contributed by atoms with Gasteiger partial charge in [0.05, 0.1) is 0 Å². The highest BCUT2D eigenvalue weighted by Gasteiger charge is 2.10. The molecule has 0 radical (unpaired) electrons. The van der Waals surface area contributed by atoms with E-state index in [1.165, 1.54) is 18.2 Å². The third-order valence-corrected chi connectivity index (χ3v) is 3.49. The second-order valence-electron chi connectivity index (χ2n) is 4.08. The first-order valence-electron chi connectivity index (χ1n) is 5.53. The van der Waals surface area contributed by atoms with Crippen molar-refractivity contribution in [1.82, 2.24) is 0 Å². The van der Waals surface area contributed by atoms with E-state index in [0.29, 0.717) is 11.3 Å². The normalized spacial score (nSPS) is 10.3. The van der Waals surface area contributed by atoms with E-state index in [1.807, 2.05) is 25.1 Å². The number of carbonyl (C=O) groups is 1. The molecule has 1 amide bonds. The highest BCUT2D eigenvalue weighted by molar-refractivity contribution is 9.10. The van der Waals surface area contributed by atoms with Crippen molar-refractivity contribution in [2.75, 3.05) is 5.32 Å². The van der Waals surface area contributed by atoms with Gasteiger partial charge >= 0.3 is 0 Å². The Morgan fingerprint density at radius 3 is 2.68 bits per heavy atom. The topological polar surface area (TPSA) is 29.1 Å². The quantitative estimate of drug-likeness (QED) is 0.778. The van der Waals surface area contributed by atoms with Gasteiger partial charge < -0.3 is 5.32 Å². The van der Waals surface area contributed by atoms with Crippen LogP contribution in [0, 0.1) is 12.7 Å². The maximum absolute atomic E-state index is 13.1. The molecule has 0 aromatic heterocycles. The number of rotatable bonds is 2. The maximum atomic E-state index is 13.1. The molecule has 1 N–H and O–H groups in total. The molecule has 0 atom stereocenters. The van der Waals surface area contributed by atoms with Crippen molar-refractivity contribution < 1.29 is 9.18 Å². The number of hydrogen-bond donors (Lipinski definition) is 2. The summed E-state index contributed by atoms with van der Waals surface area (Å²) in [4.78, 5) is 12.2. The molecule has 2 aromatic carbocycles. The summed E-state index contributed by atoms with van der Waals surface area (Å²) in [7, 11) is 0. The summed E-state index contributed by atoms with van der Waals surface area (Å²) < 4.78 is 14.0. The number of halogens is 2. The van der Waals surface area contributed by atoms with Crippen molar-refractivity contribution in [3.8, 4) is 0 Å². The minimum absolute atomic E-state index is 0.151. The molecular formula is C14H11BrFNOS. The van der Waals surface area contributed by atoms with Gasteiger partial charge in [0.25, 0.3) is 5.91 Å². The number of amides is 1. The molecule has 0 aliphatic heterocycles. The Morgan fingerprint density at radius 2 is 2.00 bits per heavy atom. The van der Waals surface area contributed by atoms with Crippen LogP contribution in [0.1, 0.15) is 15.9 Å². The van der Waals surface area contributed by atoms with Crippen LogP contribution in [0.15, 0.2) is 45.8 Å². The molecule has 0 spiro atoms. The Morgan fingerprint density at radius 1 is 1.26 bits per heavy atom. The van der Waals surface area contributed by atoms with Crippen molar-refractivity contribution in [3.05, 3.63) is 57.8 Å². The van der Waals surface area contributed by atoms with E-state index in [-0.39, 0.29) is 10.8 Å². The van der Waals surface area contributed by atoms with Crippen LogP contribution in [0.5, 0.6) is 0 Å². The Balaban J connectivity index is 2.25. The van der Waals surface area contributed by atoms with Crippen molar-refractivity contribution in [2.45, 2.75) is 11.8 Å². The van der Waals surface area contributed by atoms with Gasteiger partial charge in [-0.15, -0.1) is 12.6 Å². The van der Waals surface area contributed by atoms with E-state index in [1.54, 1.807) is 0 Å². The van der Waals surface area contributed by atoms with Gasteiger partial charge in [0.1, 0.15) is 5.82 Å². The lowest BCUT2D eigenvalue weighted by atomic mass is 10.1. The van der Waals surface area contributed by atoms with Crippen molar-refractivity contribution in [1.29, 1.82) is 0 Å². The van der Waals surface area contributed by atoms with E-state index < -0.39 is 5.82 Å². The molecule has 0 bridgehead atoms. The lowest BCUT2D eigenvalue weighted by molar-refractivity contribution is 0.102. The number of benzene rings is 2. The molecule has 98 valence electrons. The molecular weight excluding hydrogens is 329 g/mol. The summed E-state index contributed by atoms with van der Waals surface area (Å²) in [5.41, 5.74) is 2.03. The Labute approximate surface area is 124 Å². The molecule has 19 heavy (non-hydrogen) atoms.